The Bertz CT molecular complexity index is 297. The lowest BCUT2D eigenvalue weighted by Gasteiger charge is -2.28. The molecule has 1 amide bonds. The fourth-order valence-corrected chi connectivity index (χ4v) is 2.12. The van der Waals surface area contributed by atoms with Crippen LogP contribution in [-0.4, -0.2) is 24.4 Å². The van der Waals surface area contributed by atoms with Crippen LogP contribution in [0.2, 0.25) is 0 Å². The summed E-state index contributed by atoms with van der Waals surface area (Å²) < 4.78 is 0. The van der Waals surface area contributed by atoms with Crippen LogP contribution in [0.4, 0.5) is 0 Å². The van der Waals surface area contributed by atoms with Crippen LogP contribution in [0.15, 0.2) is 0 Å². The smallest absolute Gasteiger partial charge is 0.242 e. The molecule has 0 unspecified atom stereocenters. The van der Waals surface area contributed by atoms with E-state index in [-0.39, 0.29) is 5.91 Å². The Balaban J connectivity index is 1.77. The van der Waals surface area contributed by atoms with Gasteiger partial charge in [0.1, 0.15) is 5.41 Å². The van der Waals surface area contributed by atoms with Crippen LogP contribution < -0.4 is 0 Å². The molecule has 0 aromatic heterocycles. The second-order valence-electron chi connectivity index (χ2n) is 5.01. The van der Waals surface area contributed by atoms with Gasteiger partial charge < -0.3 is 4.90 Å². The van der Waals surface area contributed by atoms with Crippen LogP contribution in [0.5, 0.6) is 0 Å². The minimum Gasteiger partial charge on any atom is -0.344 e. The number of nitrogens with zero attached hydrogens (tertiary/aromatic N) is 2. The summed E-state index contributed by atoms with van der Waals surface area (Å²) in [4.78, 5) is 13.6. The highest BCUT2D eigenvalue weighted by atomic mass is 16.2. The van der Waals surface area contributed by atoms with Gasteiger partial charge >= 0.3 is 0 Å². The van der Waals surface area contributed by atoms with Crippen LogP contribution in [0.1, 0.15) is 38.5 Å². The Morgan fingerprint density at radius 1 is 1.53 bits per heavy atom. The van der Waals surface area contributed by atoms with E-state index in [0.717, 1.165) is 31.7 Å². The van der Waals surface area contributed by atoms with Crippen molar-refractivity contribution in [2.45, 2.75) is 38.5 Å². The zero-order valence-electron chi connectivity index (χ0n) is 9.33. The first kappa shape index (κ1) is 10.5. The lowest BCUT2D eigenvalue weighted by Crippen LogP contribution is -2.35. The van der Waals surface area contributed by atoms with Gasteiger partial charge in [-0.05, 0) is 25.2 Å². The van der Waals surface area contributed by atoms with Gasteiger partial charge in [-0.25, -0.2) is 0 Å². The molecule has 2 saturated carbocycles. The van der Waals surface area contributed by atoms with Crippen LogP contribution >= 0.6 is 0 Å². The summed E-state index contributed by atoms with van der Waals surface area (Å²) in [6.45, 7) is 0.826. The molecule has 15 heavy (non-hydrogen) atoms. The Kier molecular flexibility index (Phi) is 2.68. The molecule has 0 aromatic carbocycles. The molecule has 0 heterocycles. The molecule has 2 aliphatic carbocycles. The lowest BCUT2D eigenvalue weighted by atomic mass is 9.83. The first-order chi connectivity index (χ1) is 7.18. The van der Waals surface area contributed by atoms with E-state index in [1.54, 1.807) is 4.90 Å². The molecule has 0 aromatic rings. The first-order valence-corrected chi connectivity index (χ1v) is 5.85. The van der Waals surface area contributed by atoms with E-state index in [1.807, 2.05) is 7.05 Å². The maximum Gasteiger partial charge on any atom is 0.242 e. The first-order valence-electron chi connectivity index (χ1n) is 5.85. The van der Waals surface area contributed by atoms with Crippen molar-refractivity contribution >= 4 is 5.91 Å². The van der Waals surface area contributed by atoms with Crippen LogP contribution in [-0.2, 0) is 4.79 Å². The van der Waals surface area contributed by atoms with E-state index in [2.05, 4.69) is 6.07 Å². The number of nitriles is 1. The minimum atomic E-state index is -0.631. The van der Waals surface area contributed by atoms with Crippen molar-refractivity contribution < 1.29 is 4.79 Å². The van der Waals surface area contributed by atoms with Gasteiger partial charge in [-0.3, -0.25) is 4.79 Å². The Hall–Kier alpha value is -1.04. The SMILES string of the molecule is CN(CCC1CCC1)C(=O)C1(C#N)CC1. The van der Waals surface area contributed by atoms with Gasteiger partial charge in [0.2, 0.25) is 5.91 Å². The van der Waals surface area contributed by atoms with Crippen LogP contribution in [0.25, 0.3) is 0 Å². The van der Waals surface area contributed by atoms with Crippen molar-refractivity contribution in [3.63, 3.8) is 0 Å². The summed E-state index contributed by atoms with van der Waals surface area (Å²) >= 11 is 0. The van der Waals surface area contributed by atoms with E-state index in [9.17, 15) is 4.79 Å². The monoisotopic (exact) mass is 206 g/mol. The standard InChI is InChI=1S/C12H18N2O/c1-14(8-5-10-3-2-4-10)11(15)12(9-13)6-7-12/h10H,2-8H2,1H3. The molecule has 0 bridgehead atoms. The Morgan fingerprint density at radius 2 is 2.20 bits per heavy atom. The number of amides is 1. The van der Waals surface area contributed by atoms with Crippen molar-refractivity contribution in [2.24, 2.45) is 11.3 Å². The number of carbonyl (C=O) groups excluding carboxylic acids is 1. The van der Waals surface area contributed by atoms with Crippen LogP contribution in [0, 0.1) is 22.7 Å². The summed E-state index contributed by atoms with van der Waals surface area (Å²) in [6, 6.07) is 2.16. The van der Waals surface area contributed by atoms with Gasteiger partial charge in [-0.15, -0.1) is 0 Å². The zero-order valence-corrected chi connectivity index (χ0v) is 9.33. The summed E-state index contributed by atoms with van der Waals surface area (Å²) in [6.07, 6.45) is 6.64. The summed E-state index contributed by atoms with van der Waals surface area (Å²) in [7, 11) is 1.83. The summed E-state index contributed by atoms with van der Waals surface area (Å²) in [5.74, 6) is 0.877. The van der Waals surface area contributed by atoms with Crippen molar-refractivity contribution in [3.8, 4) is 6.07 Å². The molecule has 0 radical (unpaired) electrons. The second-order valence-corrected chi connectivity index (χ2v) is 5.01. The molecule has 3 nitrogen and oxygen atoms in total. The number of rotatable bonds is 4. The molecule has 0 saturated heterocycles. The number of carbonyl (C=O) groups is 1. The third kappa shape index (κ3) is 1.99. The molecule has 3 heteroatoms. The van der Waals surface area contributed by atoms with Gasteiger partial charge in [0, 0.05) is 13.6 Å². The van der Waals surface area contributed by atoms with Gasteiger partial charge in [0.25, 0.3) is 0 Å². The molecule has 82 valence electrons. The molecule has 2 rings (SSSR count). The fourth-order valence-electron chi connectivity index (χ4n) is 2.12. The molecule has 0 aliphatic heterocycles. The summed E-state index contributed by atoms with van der Waals surface area (Å²) in [5.41, 5.74) is -0.631. The lowest BCUT2D eigenvalue weighted by molar-refractivity contribution is -0.133. The topological polar surface area (TPSA) is 44.1 Å². The maximum absolute atomic E-state index is 11.9. The van der Waals surface area contributed by atoms with Gasteiger partial charge in [0.05, 0.1) is 6.07 Å². The molecule has 0 atom stereocenters. The van der Waals surface area contributed by atoms with E-state index < -0.39 is 5.41 Å². The fraction of sp³-hybridized carbons (Fsp3) is 0.833. The van der Waals surface area contributed by atoms with E-state index >= 15 is 0 Å². The van der Waals surface area contributed by atoms with Gasteiger partial charge in [0.15, 0.2) is 0 Å². The quantitative estimate of drug-likeness (QED) is 0.705. The molecule has 0 N–H and O–H groups in total. The number of hydrogen-bond acceptors (Lipinski definition) is 2. The van der Waals surface area contributed by atoms with Crippen molar-refractivity contribution in [2.75, 3.05) is 13.6 Å². The molecule has 2 fully saturated rings. The third-order valence-corrected chi connectivity index (χ3v) is 3.82. The van der Waals surface area contributed by atoms with Crippen molar-refractivity contribution in [3.05, 3.63) is 0 Å². The normalized spacial score (nSPS) is 22.7. The highest BCUT2D eigenvalue weighted by Crippen LogP contribution is 2.46. The average Bonchev–Trinajstić information content (AvgIpc) is 2.94. The van der Waals surface area contributed by atoms with Gasteiger partial charge in [-0.2, -0.15) is 5.26 Å². The van der Waals surface area contributed by atoms with Crippen molar-refractivity contribution in [1.29, 1.82) is 5.26 Å². The molecular weight excluding hydrogens is 188 g/mol. The maximum atomic E-state index is 11.9. The predicted octanol–water partition coefficient (Wildman–Crippen LogP) is 1.94. The van der Waals surface area contributed by atoms with Gasteiger partial charge in [-0.1, -0.05) is 19.3 Å². The second kappa shape index (κ2) is 3.84. The van der Waals surface area contributed by atoms with E-state index in [0.29, 0.717) is 0 Å². The average molecular weight is 206 g/mol. The third-order valence-electron chi connectivity index (χ3n) is 3.82. The minimum absolute atomic E-state index is 0.0457. The zero-order chi connectivity index (χ0) is 10.9. The Labute approximate surface area is 91.1 Å². The van der Waals surface area contributed by atoms with E-state index in [1.165, 1.54) is 19.3 Å². The molecule has 0 spiro atoms. The molecule has 2 aliphatic rings. The van der Waals surface area contributed by atoms with E-state index in [4.69, 9.17) is 5.26 Å². The van der Waals surface area contributed by atoms with Crippen molar-refractivity contribution in [1.82, 2.24) is 4.90 Å². The Morgan fingerprint density at radius 3 is 2.60 bits per heavy atom. The largest absolute Gasteiger partial charge is 0.344 e. The predicted molar refractivity (Wildman–Crippen MR) is 56.9 cm³/mol. The molecular formula is C12H18N2O. The highest BCUT2D eigenvalue weighted by molar-refractivity contribution is 5.88. The van der Waals surface area contributed by atoms with Crippen LogP contribution in [0.3, 0.4) is 0 Å². The summed E-state index contributed by atoms with van der Waals surface area (Å²) in [5, 5.41) is 8.91. The highest BCUT2D eigenvalue weighted by Gasteiger charge is 2.51. The number of hydrogen-bond donors (Lipinski definition) is 0.